The first-order valence-electron chi connectivity index (χ1n) is 8.09. The molecule has 0 bridgehead atoms. The number of aromatic nitrogens is 3. The normalized spacial score (nSPS) is 11.0. The molecule has 122 valence electrons. The van der Waals surface area contributed by atoms with E-state index in [9.17, 15) is 0 Å². The second kappa shape index (κ2) is 6.26. The van der Waals surface area contributed by atoms with Crippen LogP contribution in [0.5, 0.6) is 0 Å². The van der Waals surface area contributed by atoms with Crippen molar-refractivity contribution in [3.05, 3.63) is 76.9 Å². The van der Waals surface area contributed by atoms with Gasteiger partial charge in [-0.3, -0.25) is 0 Å². The molecule has 0 fully saturated rings. The predicted molar refractivity (Wildman–Crippen MR) is 103 cm³/mol. The monoisotopic (exact) mass is 345 g/mol. The number of pyridine rings is 1. The van der Waals surface area contributed by atoms with E-state index in [2.05, 4.69) is 11.9 Å². The lowest BCUT2D eigenvalue weighted by Gasteiger charge is -2.11. The highest BCUT2D eigenvalue weighted by Crippen LogP contribution is 2.32. The van der Waals surface area contributed by atoms with Crippen molar-refractivity contribution in [2.45, 2.75) is 13.8 Å². The Morgan fingerprint density at radius 3 is 2.48 bits per heavy atom. The highest BCUT2D eigenvalue weighted by Gasteiger charge is 2.14. The standard InChI is InChI=1S/C21H16ClN3/c1-13-10-11-15(22)12-17(13)20-16-7-3-4-8-18(16)24-21(25-20)19-9-5-6-14(2)23-19/h3-12H,1-2H3. The van der Waals surface area contributed by atoms with Gasteiger partial charge in [-0.1, -0.05) is 41.9 Å². The van der Waals surface area contributed by atoms with Gasteiger partial charge in [-0.15, -0.1) is 0 Å². The summed E-state index contributed by atoms with van der Waals surface area (Å²) in [6.45, 7) is 4.03. The Morgan fingerprint density at radius 2 is 1.64 bits per heavy atom. The zero-order chi connectivity index (χ0) is 17.4. The van der Waals surface area contributed by atoms with E-state index in [1.165, 1.54) is 0 Å². The van der Waals surface area contributed by atoms with Gasteiger partial charge in [0.2, 0.25) is 0 Å². The van der Waals surface area contributed by atoms with Crippen molar-refractivity contribution < 1.29 is 0 Å². The minimum Gasteiger partial charge on any atom is -0.250 e. The summed E-state index contributed by atoms with van der Waals surface area (Å²) in [6, 6.07) is 19.8. The first-order valence-corrected chi connectivity index (χ1v) is 8.47. The van der Waals surface area contributed by atoms with Gasteiger partial charge in [0, 0.05) is 21.7 Å². The summed E-state index contributed by atoms with van der Waals surface area (Å²) in [4.78, 5) is 14.1. The smallest absolute Gasteiger partial charge is 0.179 e. The Hall–Kier alpha value is -2.78. The molecule has 3 nitrogen and oxygen atoms in total. The third kappa shape index (κ3) is 2.99. The van der Waals surface area contributed by atoms with Crippen molar-refractivity contribution in [2.24, 2.45) is 0 Å². The topological polar surface area (TPSA) is 38.7 Å². The third-order valence-electron chi connectivity index (χ3n) is 4.18. The van der Waals surface area contributed by atoms with Gasteiger partial charge in [0.25, 0.3) is 0 Å². The molecule has 0 spiro atoms. The van der Waals surface area contributed by atoms with Gasteiger partial charge in [0.05, 0.1) is 11.2 Å². The fourth-order valence-electron chi connectivity index (χ4n) is 2.91. The average molecular weight is 346 g/mol. The molecule has 4 rings (SSSR count). The van der Waals surface area contributed by atoms with Gasteiger partial charge >= 0.3 is 0 Å². The van der Waals surface area contributed by atoms with Crippen LogP contribution in [0.25, 0.3) is 33.7 Å². The number of rotatable bonds is 2. The van der Waals surface area contributed by atoms with E-state index in [0.29, 0.717) is 10.8 Å². The Kier molecular flexibility index (Phi) is 3.94. The van der Waals surface area contributed by atoms with Gasteiger partial charge in [-0.2, -0.15) is 0 Å². The molecule has 4 aromatic rings. The SMILES string of the molecule is Cc1cccc(-c2nc(-c3cc(Cl)ccc3C)c3ccccc3n2)n1. The van der Waals surface area contributed by atoms with Crippen LogP contribution in [-0.2, 0) is 0 Å². The molecule has 0 aliphatic carbocycles. The summed E-state index contributed by atoms with van der Waals surface area (Å²) >= 11 is 6.24. The number of hydrogen-bond acceptors (Lipinski definition) is 3. The van der Waals surface area contributed by atoms with Crippen molar-refractivity contribution in [1.82, 2.24) is 15.0 Å². The maximum absolute atomic E-state index is 6.24. The predicted octanol–water partition coefficient (Wildman–Crippen LogP) is 5.63. The molecule has 0 aliphatic heterocycles. The van der Waals surface area contributed by atoms with Gasteiger partial charge < -0.3 is 0 Å². The van der Waals surface area contributed by atoms with Gasteiger partial charge in [0.1, 0.15) is 5.69 Å². The molecule has 0 unspecified atom stereocenters. The van der Waals surface area contributed by atoms with Crippen LogP contribution in [0, 0.1) is 13.8 Å². The Bertz CT molecular complexity index is 1090. The fraction of sp³-hybridized carbons (Fsp3) is 0.0952. The van der Waals surface area contributed by atoms with E-state index in [1.807, 2.05) is 67.6 Å². The number of halogens is 1. The Morgan fingerprint density at radius 1 is 0.800 bits per heavy atom. The lowest BCUT2D eigenvalue weighted by Crippen LogP contribution is -1.98. The number of fused-ring (bicyclic) bond motifs is 1. The van der Waals surface area contributed by atoms with Crippen LogP contribution in [0.15, 0.2) is 60.7 Å². The summed E-state index contributed by atoms with van der Waals surface area (Å²) in [6.07, 6.45) is 0. The van der Waals surface area contributed by atoms with Gasteiger partial charge in [0.15, 0.2) is 5.82 Å². The molecule has 0 saturated heterocycles. The largest absolute Gasteiger partial charge is 0.250 e. The molecule has 2 aromatic carbocycles. The summed E-state index contributed by atoms with van der Waals surface area (Å²) in [7, 11) is 0. The molecule has 0 radical (unpaired) electrons. The average Bonchev–Trinajstić information content (AvgIpc) is 2.63. The lowest BCUT2D eigenvalue weighted by atomic mass is 10.0. The molecule has 0 amide bonds. The molecule has 2 heterocycles. The van der Waals surface area contributed by atoms with E-state index in [1.54, 1.807) is 0 Å². The molecule has 0 saturated carbocycles. The molecule has 0 N–H and O–H groups in total. The number of nitrogens with zero attached hydrogens (tertiary/aromatic N) is 3. The number of aryl methyl sites for hydroxylation is 2. The molecular formula is C21H16ClN3. The first kappa shape index (κ1) is 15.7. The van der Waals surface area contributed by atoms with E-state index in [4.69, 9.17) is 21.6 Å². The second-order valence-electron chi connectivity index (χ2n) is 6.04. The maximum Gasteiger partial charge on any atom is 0.179 e. The van der Waals surface area contributed by atoms with Crippen LogP contribution < -0.4 is 0 Å². The van der Waals surface area contributed by atoms with Gasteiger partial charge in [-0.25, -0.2) is 15.0 Å². The van der Waals surface area contributed by atoms with Crippen LogP contribution in [0.2, 0.25) is 5.02 Å². The van der Waals surface area contributed by atoms with Crippen LogP contribution in [0.1, 0.15) is 11.3 Å². The van der Waals surface area contributed by atoms with Crippen LogP contribution in [0.4, 0.5) is 0 Å². The fourth-order valence-corrected chi connectivity index (χ4v) is 3.09. The van der Waals surface area contributed by atoms with Crippen LogP contribution >= 0.6 is 11.6 Å². The van der Waals surface area contributed by atoms with E-state index >= 15 is 0 Å². The summed E-state index contributed by atoms with van der Waals surface area (Å²) in [5.41, 5.74) is 5.62. The molecule has 2 aromatic heterocycles. The van der Waals surface area contributed by atoms with Crippen molar-refractivity contribution in [3.63, 3.8) is 0 Å². The summed E-state index contributed by atoms with van der Waals surface area (Å²) < 4.78 is 0. The van der Waals surface area contributed by atoms with Crippen molar-refractivity contribution in [1.29, 1.82) is 0 Å². The lowest BCUT2D eigenvalue weighted by molar-refractivity contribution is 1.14. The highest BCUT2D eigenvalue weighted by atomic mass is 35.5. The van der Waals surface area contributed by atoms with Crippen molar-refractivity contribution >= 4 is 22.5 Å². The zero-order valence-electron chi connectivity index (χ0n) is 14.0. The van der Waals surface area contributed by atoms with Crippen molar-refractivity contribution in [2.75, 3.05) is 0 Å². The molecule has 4 heteroatoms. The first-order chi connectivity index (χ1) is 12.1. The number of hydrogen-bond donors (Lipinski definition) is 0. The summed E-state index contributed by atoms with van der Waals surface area (Å²) in [5, 5.41) is 1.70. The van der Waals surface area contributed by atoms with Crippen LogP contribution in [-0.4, -0.2) is 15.0 Å². The molecule has 0 atom stereocenters. The van der Waals surface area contributed by atoms with E-state index < -0.39 is 0 Å². The highest BCUT2D eigenvalue weighted by molar-refractivity contribution is 6.31. The Balaban J connectivity index is 2.04. The maximum atomic E-state index is 6.24. The van der Waals surface area contributed by atoms with Crippen LogP contribution in [0.3, 0.4) is 0 Å². The molecule has 25 heavy (non-hydrogen) atoms. The quantitative estimate of drug-likeness (QED) is 0.472. The number of para-hydroxylation sites is 1. The molecular weight excluding hydrogens is 330 g/mol. The number of benzene rings is 2. The van der Waals surface area contributed by atoms with E-state index in [0.717, 1.165) is 39.1 Å². The molecule has 0 aliphatic rings. The zero-order valence-corrected chi connectivity index (χ0v) is 14.7. The minimum atomic E-state index is 0.622. The third-order valence-corrected chi connectivity index (χ3v) is 4.41. The van der Waals surface area contributed by atoms with E-state index in [-0.39, 0.29) is 0 Å². The second-order valence-corrected chi connectivity index (χ2v) is 6.47. The Labute approximate surface area is 151 Å². The van der Waals surface area contributed by atoms with Crippen molar-refractivity contribution in [3.8, 4) is 22.8 Å². The van der Waals surface area contributed by atoms with Gasteiger partial charge in [-0.05, 0) is 49.7 Å². The summed E-state index contributed by atoms with van der Waals surface area (Å²) in [5.74, 6) is 0.622. The minimum absolute atomic E-state index is 0.622.